The van der Waals surface area contributed by atoms with E-state index in [4.69, 9.17) is 9.47 Å². The molecule has 16 heavy (non-hydrogen) atoms. The van der Waals surface area contributed by atoms with Crippen LogP contribution in [0.15, 0.2) is 18.2 Å². The highest BCUT2D eigenvalue weighted by Gasteiger charge is 2.15. The van der Waals surface area contributed by atoms with Crippen molar-refractivity contribution in [3.8, 4) is 0 Å². The molecule has 1 rings (SSSR count). The minimum Gasteiger partial charge on any atom is -0.377 e. The zero-order valence-corrected chi connectivity index (χ0v) is 10.1. The van der Waals surface area contributed by atoms with E-state index in [0.29, 0.717) is 0 Å². The number of hydrogen-bond donors (Lipinski definition) is 1. The Morgan fingerprint density at radius 2 is 1.81 bits per heavy atom. The van der Waals surface area contributed by atoms with Gasteiger partial charge < -0.3 is 14.8 Å². The second kappa shape index (κ2) is 5.82. The molecule has 0 aliphatic carbocycles. The summed E-state index contributed by atoms with van der Waals surface area (Å²) in [6.07, 6.45) is -0.358. The van der Waals surface area contributed by atoms with Crippen LogP contribution >= 0.6 is 0 Å². The summed E-state index contributed by atoms with van der Waals surface area (Å²) < 4.78 is 23.4. The van der Waals surface area contributed by atoms with E-state index in [1.807, 2.05) is 19.9 Å². The SMILES string of the molecule is COC(OC)C(C)Nc1cc(C)cc(F)c1. The molecule has 1 atom stereocenters. The van der Waals surface area contributed by atoms with Crippen LogP contribution in [0.3, 0.4) is 0 Å². The summed E-state index contributed by atoms with van der Waals surface area (Å²) in [6, 6.07) is 4.75. The molecular formula is C12H18FNO2. The van der Waals surface area contributed by atoms with Crippen LogP contribution in [0.2, 0.25) is 0 Å². The lowest BCUT2D eigenvalue weighted by Gasteiger charge is -2.23. The van der Waals surface area contributed by atoms with Gasteiger partial charge in [-0.1, -0.05) is 0 Å². The van der Waals surface area contributed by atoms with Gasteiger partial charge in [-0.15, -0.1) is 0 Å². The number of methoxy groups -OCH3 is 2. The average Bonchev–Trinajstić information content (AvgIpc) is 2.17. The maximum atomic E-state index is 13.1. The molecule has 3 nitrogen and oxygen atoms in total. The number of benzene rings is 1. The summed E-state index contributed by atoms with van der Waals surface area (Å²) in [5, 5.41) is 3.14. The van der Waals surface area contributed by atoms with Crippen LogP contribution in [0.1, 0.15) is 12.5 Å². The molecule has 0 aromatic heterocycles. The van der Waals surface area contributed by atoms with E-state index in [9.17, 15) is 4.39 Å². The highest BCUT2D eigenvalue weighted by molar-refractivity contribution is 5.46. The van der Waals surface area contributed by atoms with E-state index < -0.39 is 0 Å². The first kappa shape index (κ1) is 12.9. The molecule has 1 aromatic rings. The maximum absolute atomic E-state index is 13.1. The van der Waals surface area contributed by atoms with E-state index >= 15 is 0 Å². The van der Waals surface area contributed by atoms with Crippen molar-refractivity contribution < 1.29 is 13.9 Å². The molecule has 0 amide bonds. The van der Waals surface area contributed by atoms with Gasteiger partial charge in [0.1, 0.15) is 5.82 Å². The van der Waals surface area contributed by atoms with Crippen LogP contribution in [0, 0.1) is 12.7 Å². The Bertz CT molecular complexity index is 320. The molecule has 0 heterocycles. The van der Waals surface area contributed by atoms with Crippen molar-refractivity contribution in [1.82, 2.24) is 0 Å². The molecule has 1 unspecified atom stereocenters. The second-order valence-electron chi connectivity index (χ2n) is 3.79. The first-order valence-electron chi connectivity index (χ1n) is 5.16. The van der Waals surface area contributed by atoms with E-state index in [-0.39, 0.29) is 18.1 Å². The summed E-state index contributed by atoms with van der Waals surface area (Å²) >= 11 is 0. The summed E-state index contributed by atoms with van der Waals surface area (Å²) in [4.78, 5) is 0. The molecular weight excluding hydrogens is 209 g/mol. The number of ether oxygens (including phenoxy) is 2. The molecule has 0 fully saturated rings. The topological polar surface area (TPSA) is 30.5 Å². The van der Waals surface area contributed by atoms with Gasteiger partial charge in [0, 0.05) is 19.9 Å². The molecule has 0 aliphatic rings. The third-order valence-electron chi connectivity index (χ3n) is 2.31. The minimum absolute atomic E-state index is 0.0591. The van der Waals surface area contributed by atoms with Crippen molar-refractivity contribution in [2.75, 3.05) is 19.5 Å². The zero-order valence-electron chi connectivity index (χ0n) is 10.1. The summed E-state index contributed by atoms with van der Waals surface area (Å²) in [6.45, 7) is 3.76. The summed E-state index contributed by atoms with van der Waals surface area (Å²) in [5.41, 5.74) is 1.60. The van der Waals surface area contributed by atoms with Gasteiger partial charge in [-0.2, -0.15) is 0 Å². The van der Waals surface area contributed by atoms with Gasteiger partial charge in [0.15, 0.2) is 6.29 Å². The Kier molecular flexibility index (Phi) is 4.71. The van der Waals surface area contributed by atoms with Crippen molar-refractivity contribution in [2.45, 2.75) is 26.2 Å². The first-order valence-corrected chi connectivity index (χ1v) is 5.16. The number of anilines is 1. The fourth-order valence-corrected chi connectivity index (χ4v) is 1.66. The largest absolute Gasteiger partial charge is 0.377 e. The highest BCUT2D eigenvalue weighted by Crippen LogP contribution is 2.15. The lowest BCUT2D eigenvalue weighted by Crippen LogP contribution is -2.33. The van der Waals surface area contributed by atoms with Crippen LogP contribution in [-0.4, -0.2) is 26.6 Å². The quantitative estimate of drug-likeness (QED) is 0.784. The normalized spacial score (nSPS) is 12.9. The fraction of sp³-hybridized carbons (Fsp3) is 0.500. The van der Waals surface area contributed by atoms with Gasteiger partial charge in [0.05, 0.1) is 6.04 Å². The van der Waals surface area contributed by atoms with Crippen LogP contribution in [0.4, 0.5) is 10.1 Å². The van der Waals surface area contributed by atoms with Crippen molar-refractivity contribution in [1.29, 1.82) is 0 Å². The standard InChI is InChI=1S/C12H18FNO2/c1-8-5-10(13)7-11(6-8)14-9(2)12(15-3)16-4/h5-7,9,12,14H,1-4H3. The summed E-state index contributed by atoms with van der Waals surface area (Å²) in [7, 11) is 3.15. The van der Waals surface area contributed by atoms with Crippen molar-refractivity contribution >= 4 is 5.69 Å². The lowest BCUT2D eigenvalue weighted by atomic mass is 10.2. The van der Waals surface area contributed by atoms with E-state index in [0.717, 1.165) is 11.3 Å². The zero-order chi connectivity index (χ0) is 12.1. The second-order valence-corrected chi connectivity index (χ2v) is 3.79. The monoisotopic (exact) mass is 227 g/mol. The minimum atomic E-state index is -0.358. The van der Waals surface area contributed by atoms with Crippen LogP contribution in [0.25, 0.3) is 0 Å². The van der Waals surface area contributed by atoms with Crippen molar-refractivity contribution in [3.05, 3.63) is 29.6 Å². The Hall–Kier alpha value is -1.13. The smallest absolute Gasteiger partial charge is 0.176 e. The van der Waals surface area contributed by atoms with Crippen LogP contribution in [0.5, 0.6) is 0 Å². The molecule has 0 aliphatic heterocycles. The Labute approximate surface area is 95.6 Å². The van der Waals surface area contributed by atoms with Crippen LogP contribution in [-0.2, 0) is 9.47 Å². The van der Waals surface area contributed by atoms with Gasteiger partial charge in [-0.3, -0.25) is 0 Å². The Morgan fingerprint density at radius 3 is 2.31 bits per heavy atom. The van der Waals surface area contributed by atoms with E-state index in [1.54, 1.807) is 14.2 Å². The number of nitrogens with one attached hydrogen (secondary N) is 1. The molecule has 0 spiro atoms. The molecule has 4 heteroatoms. The van der Waals surface area contributed by atoms with Crippen molar-refractivity contribution in [2.24, 2.45) is 0 Å². The molecule has 1 aromatic carbocycles. The third kappa shape index (κ3) is 3.47. The number of rotatable bonds is 5. The third-order valence-corrected chi connectivity index (χ3v) is 2.31. The van der Waals surface area contributed by atoms with Gasteiger partial charge in [0.25, 0.3) is 0 Å². The number of hydrogen-bond acceptors (Lipinski definition) is 3. The Balaban J connectivity index is 2.72. The summed E-state index contributed by atoms with van der Waals surface area (Å²) in [5.74, 6) is -0.249. The van der Waals surface area contributed by atoms with Gasteiger partial charge >= 0.3 is 0 Å². The van der Waals surface area contributed by atoms with Crippen LogP contribution < -0.4 is 5.32 Å². The molecule has 90 valence electrons. The van der Waals surface area contributed by atoms with Gasteiger partial charge in [-0.05, 0) is 37.6 Å². The Morgan fingerprint density at radius 1 is 1.19 bits per heavy atom. The molecule has 0 saturated heterocycles. The molecule has 1 N–H and O–H groups in total. The lowest BCUT2D eigenvalue weighted by molar-refractivity contribution is -0.109. The first-order chi connectivity index (χ1) is 7.56. The van der Waals surface area contributed by atoms with Gasteiger partial charge in [0.2, 0.25) is 0 Å². The van der Waals surface area contributed by atoms with Gasteiger partial charge in [-0.25, -0.2) is 4.39 Å². The average molecular weight is 227 g/mol. The predicted molar refractivity (Wildman–Crippen MR) is 62.0 cm³/mol. The predicted octanol–water partition coefficient (Wildman–Crippen LogP) is 2.55. The van der Waals surface area contributed by atoms with E-state index in [1.165, 1.54) is 12.1 Å². The molecule has 0 radical (unpaired) electrons. The molecule has 0 bridgehead atoms. The van der Waals surface area contributed by atoms with E-state index in [2.05, 4.69) is 5.32 Å². The van der Waals surface area contributed by atoms with Crippen molar-refractivity contribution in [3.63, 3.8) is 0 Å². The fourth-order valence-electron chi connectivity index (χ4n) is 1.66. The number of aryl methyl sites for hydroxylation is 1. The highest BCUT2D eigenvalue weighted by atomic mass is 19.1. The maximum Gasteiger partial charge on any atom is 0.176 e. The number of halogens is 1. The molecule has 0 saturated carbocycles.